The van der Waals surface area contributed by atoms with Crippen LogP contribution >= 0.6 is 23.2 Å². The second kappa shape index (κ2) is 6.50. The Kier molecular flexibility index (Phi) is 4.19. The smallest absolute Gasteiger partial charge is 0.259 e. The Morgan fingerprint density at radius 1 is 1.16 bits per heavy atom. The molecule has 4 rings (SSSR count). The minimum atomic E-state index is 0.0545. The predicted octanol–water partition coefficient (Wildman–Crippen LogP) is 5.06. The van der Waals surface area contributed by atoms with Crippen molar-refractivity contribution in [3.05, 3.63) is 52.5 Å². The summed E-state index contributed by atoms with van der Waals surface area (Å²) < 4.78 is 5.32. The summed E-state index contributed by atoms with van der Waals surface area (Å²) in [7, 11) is 0. The number of aromatic nitrogens is 2. The number of hydrogen-bond donors (Lipinski definition) is 1. The van der Waals surface area contributed by atoms with Crippen molar-refractivity contribution in [3.63, 3.8) is 0 Å². The third-order valence-corrected chi connectivity index (χ3v) is 4.47. The number of halogens is 2. The van der Waals surface area contributed by atoms with E-state index in [4.69, 9.17) is 27.7 Å². The maximum absolute atomic E-state index is 11.9. The van der Waals surface area contributed by atoms with Crippen LogP contribution in [0, 0.1) is 5.92 Å². The van der Waals surface area contributed by atoms with Gasteiger partial charge in [0.2, 0.25) is 11.7 Å². The quantitative estimate of drug-likeness (QED) is 0.693. The zero-order valence-corrected chi connectivity index (χ0v) is 14.5. The first-order valence-electron chi connectivity index (χ1n) is 7.80. The summed E-state index contributed by atoms with van der Waals surface area (Å²) in [5.41, 5.74) is 2.07. The number of nitrogens with zero attached hydrogens (tertiary/aromatic N) is 2. The van der Waals surface area contributed by atoms with E-state index in [-0.39, 0.29) is 11.8 Å². The van der Waals surface area contributed by atoms with Crippen molar-refractivity contribution in [1.29, 1.82) is 0 Å². The number of nitrogens with one attached hydrogen (secondary N) is 1. The number of carbonyl (C=O) groups excluding carboxylic acids is 1. The second-order valence-corrected chi connectivity index (χ2v) is 6.74. The number of carbonyl (C=O) groups is 1. The fourth-order valence-corrected chi connectivity index (χ4v) is 2.93. The minimum Gasteiger partial charge on any atom is -0.334 e. The molecule has 1 heterocycles. The molecule has 0 aliphatic heterocycles. The van der Waals surface area contributed by atoms with E-state index in [1.165, 1.54) is 0 Å². The normalized spacial score (nSPS) is 13.7. The monoisotopic (exact) mass is 373 g/mol. The molecule has 1 fully saturated rings. The molecule has 7 heteroatoms. The molecule has 126 valence electrons. The number of rotatable bonds is 4. The maximum atomic E-state index is 11.9. The topological polar surface area (TPSA) is 68.0 Å². The lowest BCUT2D eigenvalue weighted by atomic mass is 10.2. The second-order valence-electron chi connectivity index (χ2n) is 5.89. The summed E-state index contributed by atoms with van der Waals surface area (Å²) >= 11 is 12.1. The molecule has 3 aromatic rings. The van der Waals surface area contributed by atoms with Crippen molar-refractivity contribution in [3.8, 4) is 22.8 Å². The number of amides is 1. The van der Waals surface area contributed by atoms with Crippen LogP contribution in [0.4, 0.5) is 5.69 Å². The Morgan fingerprint density at radius 3 is 2.76 bits per heavy atom. The molecule has 0 saturated heterocycles. The van der Waals surface area contributed by atoms with Crippen LogP contribution in [0.3, 0.4) is 0 Å². The number of benzene rings is 2. The van der Waals surface area contributed by atoms with Crippen molar-refractivity contribution in [2.45, 2.75) is 12.8 Å². The zero-order chi connectivity index (χ0) is 17.4. The molecule has 0 spiro atoms. The summed E-state index contributed by atoms with van der Waals surface area (Å²) in [4.78, 5) is 16.3. The van der Waals surface area contributed by atoms with E-state index in [0.717, 1.165) is 18.4 Å². The number of anilines is 1. The van der Waals surface area contributed by atoms with Gasteiger partial charge in [0.05, 0.1) is 10.6 Å². The predicted molar refractivity (Wildman–Crippen MR) is 96.5 cm³/mol. The van der Waals surface area contributed by atoms with Gasteiger partial charge in [0.1, 0.15) is 0 Å². The molecule has 0 radical (unpaired) electrons. The van der Waals surface area contributed by atoms with Crippen molar-refractivity contribution in [2.75, 3.05) is 5.32 Å². The van der Waals surface area contributed by atoms with Gasteiger partial charge in [0.25, 0.3) is 5.89 Å². The van der Waals surface area contributed by atoms with Crippen LogP contribution in [0.5, 0.6) is 0 Å². The van der Waals surface area contributed by atoms with E-state index < -0.39 is 0 Å². The van der Waals surface area contributed by atoms with Crippen molar-refractivity contribution < 1.29 is 9.32 Å². The molecule has 0 atom stereocenters. The number of hydrogen-bond acceptors (Lipinski definition) is 4. The van der Waals surface area contributed by atoms with E-state index >= 15 is 0 Å². The standard InChI is InChI=1S/C18H13Cl2N3O2/c19-12-6-7-14(15(20)9-12)18-22-16(23-25-18)11-2-1-3-13(8-11)21-17(24)10-4-5-10/h1-3,6-10H,4-5H2,(H,21,24). The Hall–Kier alpha value is -2.37. The van der Waals surface area contributed by atoms with Gasteiger partial charge in [-0.2, -0.15) is 4.98 Å². The van der Waals surface area contributed by atoms with Crippen LogP contribution in [0.2, 0.25) is 10.0 Å². The minimum absolute atomic E-state index is 0.0545. The highest BCUT2D eigenvalue weighted by Crippen LogP contribution is 2.32. The van der Waals surface area contributed by atoms with Crippen molar-refractivity contribution in [2.24, 2.45) is 5.92 Å². The Labute approximate surface area is 154 Å². The lowest BCUT2D eigenvalue weighted by Gasteiger charge is -2.04. The van der Waals surface area contributed by atoms with E-state index in [2.05, 4.69) is 15.5 Å². The van der Waals surface area contributed by atoms with Gasteiger partial charge >= 0.3 is 0 Å². The largest absolute Gasteiger partial charge is 0.334 e. The first-order chi connectivity index (χ1) is 12.1. The lowest BCUT2D eigenvalue weighted by Crippen LogP contribution is -2.13. The van der Waals surface area contributed by atoms with Crippen LogP contribution in [0.15, 0.2) is 47.0 Å². The fourth-order valence-electron chi connectivity index (χ4n) is 2.44. The Morgan fingerprint density at radius 2 is 2.00 bits per heavy atom. The first-order valence-corrected chi connectivity index (χ1v) is 8.56. The first kappa shape index (κ1) is 16.1. The Bertz CT molecular complexity index is 951. The van der Waals surface area contributed by atoms with E-state index in [1.54, 1.807) is 18.2 Å². The molecule has 1 saturated carbocycles. The molecular weight excluding hydrogens is 361 g/mol. The molecule has 5 nitrogen and oxygen atoms in total. The van der Waals surface area contributed by atoms with Gasteiger partial charge in [0.15, 0.2) is 0 Å². The third kappa shape index (κ3) is 3.52. The van der Waals surface area contributed by atoms with Gasteiger partial charge < -0.3 is 9.84 Å². The molecule has 1 aliphatic carbocycles. The highest BCUT2D eigenvalue weighted by molar-refractivity contribution is 6.36. The van der Waals surface area contributed by atoms with Crippen LogP contribution in [-0.4, -0.2) is 16.0 Å². The van der Waals surface area contributed by atoms with Gasteiger partial charge in [-0.1, -0.05) is 40.5 Å². The van der Waals surface area contributed by atoms with Gasteiger partial charge in [-0.25, -0.2) is 0 Å². The van der Waals surface area contributed by atoms with Gasteiger partial charge in [0, 0.05) is 22.2 Å². The maximum Gasteiger partial charge on any atom is 0.259 e. The summed E-state index contributed by atoms with van der Waals surface area (Å²) in [6, 6.07) is 12.4. The van der Waals surface area contributed by atoms with E-state index in [1.807, 2.05) is 24.3 Å². The molecule has 1 aromatic heterocycles. The van der Waals surface area contributed by atoms with E-state index in [0.29, 0.717) is 33.0 Å². The van der Waals surface area contributed by atoms with Crippen LogP contribution in [0.25, 0.3) is 22.8 Å². The van der Waals surface area contributed by atoms with Crippen LogP contribution in [-0.2, 0) is 4.79 Å². The fraction of sp³-hybridized carbons (Fsp3) is 0.167. The molecular formula is C18H13Cl2N3O2. The lowest BCUT2D eigenvalue weighted by molar-refractivity contribution is -0.117. The summed E-state index contributed by atoms with van der Waals surface area (Å²) in [6.45, 7) is 0. The molecule has 0 unspecified atom stereocenters. The van der Waals surface area contributed by atoms with E-state index in [9.17, 15) is 4.79 Å². The molecule has 1 amide bonds. The summed E-state index contributed by atoms with van der Waals surface area (Å²) in [5, 5.41) is 7.88. The Balaban J connectivity index is 1.60. The molecule has 1 N–H and O–H groups in total. The zero-order valence-electron chi connectivity index (χ0n) is 13.0. The van der Waals surface area contributed by atoms with Gasteiger partial charge in [-0.3, -0.25) is 4.79 Å². The van der Waals surface area contributed by atoms with Crippen LogP contribution in [0.1, 0.15) is 12.8 Å². The van der Waals surface area contributed by atoms with Crippen molar-refractivity contribution >= 4 is 34.8 Å². The molecule has 25 heavy (non-hydrogen) atoms. The average molecular weight is 374 g/mol. The van der Waals surface area contributed by atoms with Crippen molar-refractivity contribution in [1.82, 2.24) is 10.1 Å². The summed E-state index contributed by atoms with van der Waals surface area (Å²) in [5.74, 6) is 0.930. The van der Waals surface area contributed by atoms with Gasteiger partial charge in [-0.05, 0) is 43.2 Å². The average Bonchev–Trinajstić information content (AvgIpc) is 3.33. The highest BCUT2D eigenvalue weighted by Gasteiger charge is 2.29. The molecule has 0 bridgehead atoms. The SMILES string of the molecule is O=C(Nc1cccc(-c2noc(-c3ccc(Cl)cc3Cl)n2)c1)C1CC1. The molecule has 1 aliphatic rings. The third-order valence-electron chi connectivity index (χ3n) is 3.92. The summed E-state index contributed by atoms with van der Waals surface area (Å²) in [6.07, 6.45) is 1.92. The molecule has 2 aromatic carbocycles. The van der Waals surface area contributed by atoms with Gasteiger partial charge in [-0.15, -0.1) is 0 Å². The van der Waals surface area contributed by atoms with Crippen LogP contribution < -0.4 is 5.32 Å². The highest BCUT2D eigenvalue weighted by atomic mass is 35.5.